The standard InChI is InChI=1S/C20H18Cl2N4S/c1-13(2)10-24-20-26(25-14(3)16-5-4-8-23-11-16)19(12-27-20)15-6-7-17(21)18(22)9-15/h4-9,11-12H,1,10H2,2-3H3. The first-order valence-electron chi connectivity index (χ1n) is 8.22. The van der Waals surface area contributed by atoms with Gasteiger partial charge in [0.2, 0.25) is 4.80 Å². The van der Waals surface area contributed by atoms with Gasteiger partial charge in [-0.2, -0.15) is 5.10 Å². The molecule has 0 aliphatic carbocycles. The maximum absolute atomic E-state index is 6.21. The largest absolute Gasteiger partial charge is 0.264 e. The van der Waals surface area contributed by atoms with E-state index in [0.29, 0.717) is 16.6 Å². The van der Waals surface area contributed by atoms with Gasteiger partial charge in [0.1, 0.15) is 0 Å². The fraction of sp³-hybridized carbons (Fsp3) is 0.150. The molecule has 7 heteroatoms. The summed E-state index contributed by atoms with van der Waals surface area (Å²) in [5, 5.41) is 7.83. The van der Waals surface area contributed by atoms with Crippen LogP contribution in [-0.4, -0.2) is 21.9 Å². The zero-order valence-corrected chi connectivity index (χ0v) is 17.3. The molecule has 3 aromatic rings. The Hall–Kier alpha value is -2.21. The van der Waals surface area contributed by atoms with E-state index in [1.54, 1.807) is 18.5 Å². The average molecular weight is 417 g/mol. The summed E-state index contributed by atoms with van der Waals surface area (Å²) in [5.41, 5.74) is 4.57. The van der Waals surface area contributed by atoms with E-state index >= 15 is 0 Å². The molecule has 2 aromatic heterocycles. The van der Waals surface area contributed by atoms with Gasteiger partial charge in [0.25, 0.3) is 0 Å². The van der Waals surface area contributed by atoms with Crippen LogP contribution in [0.3, 0.4) is 0 Å². The lowest BCUT2D eigenvalue weighted by Gasteiger charge is -2.07. The van der Waals surface area contributed by atoms with Gasteiger partial charge in [0.05, 0.1) is 28.0 Å². The fourth-order valence-corrected chi connectivity index (χ4v) is 3.47. The summed E-state index contributed by atoms with van der Waals surface area (Å²) >= 11 is 13.8. The molecule has 0 fully saturated rings. The minimum atomic E-state index is 0.500. The summed E-state index contributed by atoms with van der Waals surface area (Å²) in [4.78, 5) is 9.58. The Morgan fingerprint density at radius 3 is 2.70 bits per heavy atom. The van der Waals surface area contributed by atoms with Crippen LogP contribution in [0.4, 0.5) is 0 Å². The molecule has 0 saturated heterocycles. The Labute approximate surface area is 172 Å². The van der Waals surface area contributed by atoms with Crippen LogP contribution in [0.1, 0.15) is 19.4 Å². The number of hydrogen-bond donors (Lipinski definition) is 0. The molecular weight excluding hydrogens is 399 g/mol. The van der Waals surface area contributed by atoms with Crippen LogP contribution in [0.15, 0.2) is 70.4 Å². The molecule has 0 N–H and O–H groups in total. The minimum Gasteiger partial charge on any atom is -0.264 e. The van der Waals surface area contributed by atoms with Crippen molar-refractivity contribution in [2.45, 2.75) is 13.8 Å². The molecule has 4 nitrogen and oxygen atoms in total. The molecule has 0 radical (unpaired) electrons. The first-order chi connectivity index (χ1) is 13.0. The Morgan fingerprint density at radius 1 is 1.22 bits per heavy atom. The summed E-state index contributed by atoms with van der Waals surface area (Å²) in [5.74, 6) is 0. The van der Waals surface area contributed by atoms with Crippen molar-refractivity contribution >= 4 is 40.3 Å². The summed E-state index contributed by atoms with van der Waals surface area (Å²) in [6, 6.07) is 9.40. The molecule has 2 heterocycles. The molecule has 3 rings (SSSR count). The predicted octanol–water partition coefficient (Wildman–Crippen LogP) is 5.67. The first-order valence-corrected chi connectivity index (χ1v) is 9.86. The SMILES string of the molecule is C=C(C)CN=c1scc(-c2ccc(Cl)c(Cl)c2)n1N=C(C)c1cccnc1. The summed E-state index contributed by atoms with van der Waals surface area (Å²) in [6.07, 6.45) is 3.53. The smallest absolute Gasteiger partial charge is 0.206 e. The highest BCUT2D eigenvalue weighted by Crippen LogP contribution is 2.29. The van der Waals surface area contributed by atoms with Gasteiger partial charge in [-0.1, -0.05) is 47.5 Å². The van der Waals surface area contributed by atoms with Crippen molar-refractivity contribution in [2.24, 2.45) is 10.1 Å². The van der Waals surface area contributed by atoms with Gasteiger partial charge in [-0.15, -0.1) is 11.3 Å². The molecule has 0 spiro atoms. The van der Waals surface area contributed by atoms with Crippen molar-refractivity contribution in [1.29, 1.82) is 0 Å². The van der Waals surface area contributed by atoms with E-state index in [1.807, 2.05) is 48.2 Å². The number of thiazole rings is 1. The molecular formula is C20H18Cl2N4S. The van der Waals surface area contributed by atoms with Crippen molar-refractivity contribution in [3.63, 3.8) is 0 Å². The number of pyridine rings is 1. The highest BCUT2D eigenvalue weighted by atomic mass is 35.5. The van der Waals surface area contributed by atoms with Crippen molar-refractivity contribution < 1.29 is 0 Å². The first kappa shape index (κ1) is 19.5. The quantitative estimate of drug-likeness (QED) is 0.390. The van der Waals surface area contributed by atoms with E-state index in [0.717, 1.165) is 32.9 Å². The molecule has 138 valence electrons. The van der Waals surface area contributed by atoms with Crippen LogP contribution >= 0.6 is 34.5 Å². The second-order valence-corrected chi connectivity index (χ2v) is 7.70. The number of rotatable bonds is 5. The monoisotopic (exact) mass is 416 g/mol. The molecule has 0 aliphatic heterocycles. The fourth-order valence-electron chi connectivity index (χ4n) is 2.35. The third kappa shape index (κ3) is 4.75. The van der Waals surface area contributed by atoms with Gasteiger partial charge < -0.3 is 0 Å². The maximum Gasteiger partial charge on any atom is 0.206 e. The van der Waals surface area contributed by atoms with Crippen molar-refractivity contribution in [3.8, 4) is 11.3 Å². The van der Waals surface area contributed by atoms with E-state index in [9.17, 15) is 0 Å². The van der Waals surface area contributed by atoms with Crippen LogP contribution in [0.25, 0.3) is 11.3 Å². The van der Waals surface area contributed by atoms with Crippen molar-refractivity contribution in [3.05, 3.63) is 80.7 Å². The van der Waals surface area contributed by atoms with E-state index in [4.69, 9.17) is 28.3 Å². The number of hydrogen-bond acceptors (Lipinski definition) is 4. The Morgan fingerprint density at radius 2 is 2.04 bits per heavy atom. The number of halogens is 2. The number of aromatic nitrogens is 2. The van der Waals surface area contributed by atoms with Crippen LogP contribution in [-0.2, 0) is 0 Å². The third-order valence-corrected chi connectivity index (χ3v) is 5.31. The van der Waals surface area contributed by atoms with Gasteiger partial charge in [-0.05, 0) is 32.0 Å². The highest BCUT2D eigenvalue weighted by Gasteiger charge is 2.10. The molecule has 0 unspecified atom stereocenters. The highest BCUT2D eigenvalue weighted by molar-refractivity contribution is 7.07. The second kappa shape index (κ2) is 8.65. The summed E-state index contributed by atoms with van der Waals surface area (Å²) in [7, 11) is 0. The lowest BCUT2D eigenvalue weighted by molar-refractivity contribution is 0.830. The van der Waals surface area contributed by atoms with Gasteiger partial charge in [-0.25, -0.2) is 4.68 Å². The zero-order valence-electron chi connectivity index (χ0n) is 15.0. The minimum absolute atomic E-state index is 0.500. The maximum atomic E-state index is 6.21. The van der Waals surface area contributed by atoms with E-state index in [2.05, 4.69) is 16.6 Å². The summed E-state index contributed by atoms with van der Waals surface area (Å²) < 4.78 is 1.83. The molecule has 0 saturated carbocycles. The average Bonchev–Trinajstić information content (AvgIpc) is 3.05. The lowest BCUT2D eigenvalue weighted by Crippen LogP contribution is -2.15. The van der Waals surface area contributed by atoms with Gasteiger partial charge in [-0.3, -0.25) is 9.98 Å². The van der Waals surface area contributed by atoms with E-state index in [1.165, 1.54) is 11.3 Å². The Bertz CT molecular complexity index is 1070. The van der Waals surface area contributed by atoms with Gasteiger partial charge in [0, 0.05) is 28.9 Å². The van der Waals surface area contributed by atoms with Crippen LogP contribution in [0.5, 0.6) is 0 Å². The number of nitrogens with zero attached hydrogens (tertiary/aromatic N) is 4. The Kier molecular flexibility index (Phi) is 6.26. The molecule has 0 atom stereocenters. The molecule has 1 aromatic carbocycles. The van der Waals surface area contributed by atoms with Crippen LogP contribution in [0.2, 0.25) is 10.0 Å². The van der Waals surface area contributed by atoms with Crippen molar-refractivity contribution in [1.82, 2.24) is 9.66 Å². The second-order valence-electron chi connectivity index (χ2n) is 6.04. The zero-order chi connectivity index (χ0) is 19.4. The third-order valence-electron chi connectivity index (χ3n) is 3.71. The molecule has 27 heavy (non-hydrogen) atoms. The predicted molar refractivity (Wildman–Crippen MR) is 115 cm³/mol. The lowest BCUT2D eigenvalue weighted by atomic mass is 10.2. The Balaban J connectivity index is 2.16. The van der Waals surface area contributed by atoms with Crippen LogP contribution in [0, 0.1) is 0 Å². The van der Waals surface area contributed by atoms with Gasteiger partial charge in [0.15, 0.2) is 0 Å². The number of benzene rings is 1. The topological polar surface area (TPSA) is 42.5 Å². The van der Waals surface area contributed by atoms with Gasteiger partial charge >= 0.3 is 0 Å². The molecule has 0 amide bonds. The molecule has 0 aliphatic rings. The van der Waals surface area contributed by atoms with Crippen molar-refractivity contribution in [2.75, 3.05) is 6.54 Å². The van der Waals surface area contributed by atoms with E-state index < -0.39 is 0 Å². The molecule has 0 bridgehead atoms. The summed E-state index contributed by atoms with van der Waals surface area (Å²) in [6.45, 7) is 8.36. The van der Waals surface area contributed by atoms with E-state index in [-0.39, 0.29) is 0 Å². The normalized spacial score (nSPS) is 12.4. The van der Waals surface area contributed by atoms with Crippen LogP contribution < -0.4 is 4.80 Å².